The van der Waals surface area contributed by atoms with Gasteiger partial charge >= 0.3 is 0 Å². The average molecular weight is 272 g/mol. The van der Waals surface area contributed by atoms with Gasteiger partial charge in [0.05, 0.1) is 23.2 Å². The van der Waals surface area contributed by atoms with Crippen molar-refractivity contribution in [1.29, 1.82) is 0 Å². The second kappa shape index (κ2) is 5.54. The molecule has 1 heterocycles. The van der Waals surface area contributed by atoms with Gasteiger partial charge in [-0.15, -0.1) is 0 Å². The third-order valence-corrected chi connectivity index (χ3v) is 3.22. The second-order valence-electron chi connectivity index (χ2n) is 3.60. The molecule has 17 heavy (non-hydrogen) atoms. The maximum absolute atomic E-state index is 11.7. The van der Waals surface area contributed by atoms with Gasteiger partial charge in [0.15, 0.2) is 0 Å². The van der Waals surface area contributed by atoms with Crippen LogP contribution in [0.2, 0.25) is 10.0 Å². The Morgan fingerprint density at radius 1 is 1.41 bits per heavy atom. The normalized spacial score (nSPS) is 15.8. The number of benzene rings is 1. The molecule has 1 aliphatic rings. The van der Waals surface area contributed by atoms with Crippen molar-refractivity contribution in [3.63, 3.8) is 0 Å². The van der Waals surface area contributed by atoms with Gasteiger partial charge in [0.2, 0.25) is 0 Å². The first kappa shape index (κ1) is 12.4. The molecule has 1 aromatic rings. The van der Waals surface area contributed by atoms with Crippen molar-refractivity contribution in [1.82, 2.24) is 5.06 Å². The molecule has 5 heteroatoms. The lowest BCUT2D eigenvalue weighted by Gasteiger charge is -2.10. The molecule has 0 unspecified atom stereocenters. The number of halogens is 2. The number of rotatable bonds is 2. The summed E-state index contributed by atoms with van der Waals surface area (Å²) in [6.07, 6.45) is 3.94. The Kier molecular flexibility index (Phi) is 4.05. The topological polar surface area (TPSA) is 29.5 Å². The summed E-state index contributed by atoms with van der Waals surface area (Å²) in [4.78, 5) is 16.8. The molecule has 1 amide bonds. The summed E-state index contributed by atoms with van der Waals surface area (Å²) in [5.74, 6) is -0.182. The number of hydrogen-bond acceptors (Lipinski definition) is 2. The third kappa shape index (κ3) is 3.00. The van der Waals surface area contributed by atoms with E-state index in [4.69, 9.17) is 28.0 Å². The lowest BCUT2D eigenvalue weighted by atomic mass is 10.2. The van der Waals surface area contributed by atoms with Crippen LogP contribution in [0.1, 0.15) is 12.0 Å². The molecule has 90 valence electrons. The molecule has 0 radical (unpaired) electrons. The van der Waals surface area contributed by atoms with Gasteiger partial charge < -0.3 is 0 Å². The Morgan fingerprint density at radius 2 is 2.24 bits per heavy atom. The van der Waals surface area contributed by atoms with Crippen molar-refractivity contribution >= 4 is 35.2 Å². The minimum absolute atomic E-state index is 0.182. The zero-order chi connectivity index (χ0) is 12.3. The first-order valence-corrected chi connectivity index (χ1v) is 6.00. The van der Waals surface area contributed by atoms with E-state index in [1.54, 1.807) is 24.3 Å². The summed E-state index contributed by atoms with van der Waals surface area (Å²) in [7, 11) is 0. The van der Waals surface area contributed by atoms with Gasteiger partial charge in [-0.2, -0.15) is 0 Å². The summed E-state index contributed by atoms with van der Waals surface area (Å²) in [5, 5.41) is 2.26. The van der Waals surface area contributed by atoms with Crippen LogP contribution in [-0.2, 0) is 9.63 Å². The number of amides is 1. The van der Waals surface area contributed by atoms with Gasteiger partial charge in [-0.1, -0.05) is 35.3 Å². The highest BCUT2D eigenvalue weighted by atomic mass is 35.5. The standard InChI is InChI=1S/C12H11Cl2NO2/c13-10-4-1-3-9(12(10)14)5-6-11(16)15-7-2-8-17-15/h1,3-6H,2,7-8H2/b6-5+. The Balaban J connectivity index is 2.09. The van der Waals surface area contributed by atoms with Crippen molar-refractivity contribution in [3.8, 4) is 0 Å². The molecule has 0 atom stereocenters. The van der Waals surface area contributed by atoms with Crippen LogP contribution in [0.3, 0.4) is 0 Å². The van der Waals surface area contributed by atoms with Crippen molar-refractivity contribution in [2.24, 2.45) is 0 Å². The van der Waals surface area contributed by atoms with Crippen molar-refractivity contribution < 1.29 is 9.63 Å². The van der Waals surface area contributed by atoms with Gasteiger partial charge in [-0.25, -0.2) is 5.06 Å². The fourth-order valence-corrected chi connectivity index (χ4v) is 1.89. The van der Waals surface area contributed by atoms with E-state index in [-0.39, 0.29) is 5.91 Å². The van der Waals surface area contributed by atoms with Crippen LogP contribution in [0.4, 0.5) is 0 Å². The zero-order valence-corrected chi connectivity index (χ0v) is 10.5. The number of carbonyl (C=O) groups is 1. The quantitative estimate of drug-likeness (QED) is 0.774. The summed E-state index contributed by atoms with van der Waals surface area (Å²) < 4.78 is 0. The number of nitrogens with zero attached hydrogens (tertiary/aromatic N) is 1. The molecule has 0 aliphatic carbocycles. The first-order valence-electron chi connectivity index (χ1n) is 5.25. The van der Waals surface area contributed by atoms with Crippen LogP contribution in [-0.4, -0.2) is 24.1 Å². The van der Waals surface area contributed by atoms with Crippen LogP contribution in [0.25, 0.3) is 6.08 Å². The summed E-state index contributed by atoms with van der Waals surface area (Å²) >= 11 is 11.9. The highest BCUT2D eigenvalue weighted by molar-refractivity contribution is 6.42. The number of hydroxylamine groups is 2. The molecular weight excluding hydrogens is 261 g/mol. The van der Waals surface area contributed by atoms with Gasteiger partial charge in [-0.05, 0) is 24.1 Å². The van der Waals surface area contributed by atoms with E-state index < -0.39 is 0 Å². The Bertz CT molecular complexity index is 454. The molecule has 0 bridgehead atoms. The summed E-state index contributed by atoms with van der Waals surface area (Å²) in [6.45, 7) is 1.23. The van der Waals surface area contributed by atoms with E-state index in [0.717, 1.165) is 6.42 Å². The van der Waals surface area contributed by atoms with Crippen molar-refractivity contribution in [3.05, 3.63) is 39.9 Å². The predicted octanol–water partition coefficient (Wildman–Crippen LogP) is 3.17. The SMILES string of the molecule is O=C(/C=C/c1cccc(Cl)c1Cl)N1CCCO1. The van der Waals surface area contributed by atoms with Crippen LogP contribution in [0, 0.1) is 0 Å². The molecule has 0 N–H and O–H groups in total. The van der Waals surface area contributed by atoms with Crippen LogP contribution in [0.5, 0.6) is 0 Å². The Morgan fingerprint density at radius 3 is 2.94 bits per heavy atom. The smallest absolute Gasteiger partial charge is 0.270 e. The second-order valence-corrected chi connectivity index (χ2v) is 4.39. The van der Waals surface area contributed by atoms with Crippen molar-refractivity contribution in [2.45, 2.75) is 6.42 Å². The number of hydrogen-bond donors (Lipinski definition) is 0. The van der Waals surface area contributed by atoms with Gasteiger partial charge in [0.25, 0.3) is 5.91 Å². The maximum Gasteiger partial charge on any atom is 0.270 e. The Hall–Kier alpha value is -1.03. The average Bonchev–Trinajstić information content (AvgIpc) is 2.84. The molecule has 0 aromatic heterocycles. The molecule has 0 saturated carbocycles. The van der Waals surface area contributed by atoms with E-state index in [9.17, 15) is 4.79 Å². The molecule has 1 fully saturated rings. The first-order chi connectivity index (χ1) is 8.18. The highest BCUT2D eigenvalue weighted by Crippen LogP contribution is 2.26. The predicted molar refractivity (Wildman–Crippen MR) is 67.8 cm³/mol. The minimum atomic E-state index is -0.182. The summed E-state index contributed by atoms with van der Waals surface area (Å²) in [5.41, 5.74) is 0.715. The van der Waals surface area contributed by atoms with E-state index in [1.807, 2.05) is 0 Å². The van der Waals surface area contributed by atoms with Gasteiger partial charge in [0.1, 0.15) is 0 Å². The van der Waals surface area contributed by atoms with E-state index in [1.165, 1.54) is 11.1 Å². The van der Waals surface area contributed by atoms with E-state index in [0.29, 0.717) is 28.8 Å². The van der Waals surface area contributed by atoms with Gasteiger partial charge in [0, 0.05) is 6.08 Å². The molecule has 1 saturated heterocycles. The lowest BCUT2D eigenvalue weighted by molar-refractivity contribution is -0.162. The number of carbonyl (C=O) groups excluding carboxylic acids is 1. The van der Waals surface area contributed by atoms with Gasteiger partial charge in [-0.3, -0.25) is 9.63 Å². The van der Waals surface area contributed by atoms with Crippen LogP contribution >= 0.6 is 23.2 Å². The molecule has 1 aliphatic heterocycles. The van der Waals surface area contributed by atoms with Crippen molar-refractivity contribution in [2.75, 3.05) is 13.2 Å². The summed E-state index contributed by atoms with van der Waals surface area (Å²) in [6, 6.07) is 5.28. The fraction of sp³-hybridized carbons (Fsp3) is 0.250. The van der Waals surface area contributed by atoms with Crippen LogP contribution < -0.4 is 0 Å². The molecule has 3 nitrogen and oxygen atoms in total. The molecule has 2 rings (SSSR count). The van der Waals surface area contributed by atoms with E-state index >= 15 is 0 Å². The third-order valence-electron chi connectivity index (χ3n) is 2.39. The molecule has 1 aromatic carbocycles. The lowest BCUT2D eigenvalue weighted by Crippen LogP contribution is -2.24. The highest BCUT2D eigenvalue weighted by Gasteiger charge is 2.16. The fourth-order valence-electron chi connectivity index (χ4n) is 1.51. The Labute approximate surface area is 110 Å². The van der Waals surface area contributed by atoms with Crippen LogP contribution in [0.15, 0.2) is 24.3 Å². The van der Waals surface area contributed by atoms with E-state index in [2.05, 4.69) is 0 Å². The maximum atomic E-state index is 11.7. The molecule has 0 spiro atoms. The zero-order valence-electron chi connectivity index (χ0n) is 9.03. The largest absolute Gasteiger partial charge is 0.271 e. The minimum Gasteiger partial charge on any atom is -0.271 e. The monoisotopic (exact) mass is 271 g/mol. The molecular formula is C12H11Cl2NO2.